The van der Waals surface area contributed by atoms with E-state index in [1.807, 2.05) is 12.4 Å². The number of guanidine groups is 2. The van der Waals surface area contributed by atoms with E-state index in [1.165, 1.54) is 0 Å². The Morgan fingerprint density at radius 3 is 1.65 bits per heavy atom. The number of nitrogens with zero attached hydrogens (tertiary/aromatic N) is 6. The Morgan fingerprint density at radius 1 is 0.846 bits per heavy atom. The Balaban J connectivity index is 1.94. The van der Waals surface area contributed by atoms with E-state index in [0.29, 0.717) is 24.5 Å². The standard InChI is InChI=1S/C16H16N10/c17-11-23-15(25-13-3-1-5-19-9-13)21-7-8-22-16(24-12-18)26-14-4-2-6-20-10-14/h1-6,9-10H,7-8H2,(H2,21,23,25)(H2,22,24,26). The maximum Gasteiger partial charge on any atom is 0.209 e. The van der Waals surface area contributed by atoms with Crippen LogP contribution in [0.25, 0.3) is 0 Å². The molecule has 0 aliphatic rings. The SMILES string of the molecule is N#CNC(=NCCN=C(NC#N)Nc1cccnc1)Nc1cccnc1. The van der Waals surface area contributed by atoms with Crippen LogP contribution < -0.4 is 21.3 Å². The van der Waals surface area contributed by atoms with Crippen molar-refractivity contribution >= 4 is 23.3 Å². The molecule has 0 radical (unpaired) electrons. The maximum absolute atomic E-state index is 8.81. The van der Waals surface area contributed by atoms with Gasteiger partial charge < -0.3 is 10.6 Å². The predicted molar refractivity (Wildman–Crippen MR) is 97.8 cm³/mol. The lowest BCUT2D eigenvalue weighted by Gasteiger charge is -2.08. The molecule has 0 unspecified atom stereocenters. The molecule has 2 aromatic heterocycles. The molecule has 0 aliphatic carbocycles. The molecule has 2 heterocycles. The van der Waals surface area contributed by atoms with E-state index in [-0.39, 0.29) is 11.9 Å². The molecule has 0 saturated carbocycles. The van der Waals surface area contributed by atoms with Gasteiger partial charge in [-0.1, -0.05) is 0 Å². The lowest BCUT2D eigenvalue weighted by Crippen LogP contribution is -2.28. The molecule has 0 aromatic carbocycles. The summed E-state index contributed by atoms with van der Waals surface area (Å²) in [5.74, 6) is 0.566. The van der Waals surface area contributed by atoms with Gasteiger partial charge in [0.05, 0.1) is 36.9 Å². The molecule has 2 aromatic rings. The van der Waals surface area contributed by atoms with Gasteiger partial charge in [0, 0.05) is 12.4 Å². The fourth-order valence-corrected chi connectivity index (χ4v) is 1.80. The lowest BCUT2D eigenvalue weighted by molar-refractivity contribution is 0.954. The topological polar surface area (TPSA) is 146 Å². The first-order chi connectivity index (χ1) is 12.8. The summed E-state index contributed by atoms with van der Waals surface area (Å²) in [7, 11) is 0. The van der Waals surface area contributed by atoms with Crippen LogP contribution >= 0.6 is 0 Å². The van der Waals surface area contributed by atoms with Crippen molar-refractivity contribution in [3.63, 3.8) is 0 Å². The van der Waals surface area contributed by atoms with Crippen molar-refractivity contribution in [2.24, 2.45) is 9.98 Å². The van der Waals surface area contributed by atoms with E-state index in [9.17, 15) is 0 Å². The van der Waals surface area contributed by atoms with Gasteiger partial charge in [-0.2, -0.15) is 10.5 Å². The molecule has 0 saturated heterocycles. The summed E-state index contributed by atoms with van der Waals surface area (Å²) in [5.41, 5.74) is 1.39. The van der Waals surface area contributed by atoms with Gasteiger partial charge in [-0.3, -0.25) is 30.6 Å². The lowest BCUT2D eigenvalue weighted by atomic mass is 10.4. The summed E-state index contributed by atoms with van der Waals surface area (Å²) in [6, 6.07) is 7.13. The minimum Gasteiger partial charge on any atom is -0.324 e. The molecule has 4 N–H and O–H groups in total. The van der Waals surface area contributed by atoms with E-state index in [0.717, 1.165) is 0 Å². The first kappa shape index (κ1) is 18.2. The summed E-state index contributed by atoms with van der Waals surface area (Å²) < 4.78 is 0. The Hall–Kier alpha value is -4.18. The number of aromatic nitrogens is 2. The zero-order valence-corrected chi connectivity index (χ0v) is 13.7. The summed E-state index contributed by atoms with van der Waals surface area (Å²) in [5, 5.41) is 28.4. The molecule has 0 bridgehead atoms. The second-order valence-electron chi connectivity index (χ2n) is 4.67. The van der Waals surface area contributed by atoms with E-state index < -0.39 is 0 Å². The minimum absolute atomic E-state index is 0.283. The van der Waals surface area contributed by atoms with Crippen molar-refractivity contribution < 1.29 is 0 Å². The highest BCUT2D eigenvalue weighted by Crippen LogP contribution is 2.03. The van der Waals surface area contributed by atoms with Gasteiger partial charge in [-0.05, 0) is 24.3 Å². The number of pyridine rings is 2. The summed E-state index contributed by atoms with van der Waals surface area (Å²) in [4.78, 5) is 16.4. The van der Waals surface area contributed by atoms with Crippen molar-refractivity contribution in [1.82, 2.24) is 20.6 Å². The Kier molecular flexibility index (Phi) is 7.38. The third-order valence-corrected chi connectivity index (χ3v) is 2.84. The average Bonchev–Trinajstić information content (AvgIpc) is 2.67. The molecule has 0 aliphatic heterocycles. The number of anilines is 2. The van der Waals surface area contributed by atoms with Gasteiger partial charge >= 0.3 is 0 Å². The third kappa shape index (κ3) is 6.52. The highest BCUT2D eigenvalue weighted by atomic mass is 15.2. The fourth-order valence-electron chi connectivity index (χ4n) is 1.80. The molecule has 0 fully saturated rings. The molecular formula is C16H16N10. The first-order valence-electron chi connectivity index (χ1n) is 7.55. The van der Waals surface area contributed by atoms with Crippen LogP contribution in [0.5, 0.6) is 0 Å². The van der Waals surface area contributed by atoms with Crippen LogP contribution in [-0.2, 0) is 0 Å². The van der Waals surface area contributed by atoms with Gasteiger partial charge in [-0.25, -0.2) is 0 Å². The van der Waals surface area contributed by atoms with Crippen LogP contribution in [0.2, 0.25) is 0 Å². The Bertz CT molecular complexity index is 746. The molecule has 2 rings (SSSR count). The molecular weight excluding hydrogens is 332 g/mol. The molecule has 130 valence electrons. The molecule has 26 heavy (non-hydrogen) atoms. The fraction of sp³-hybridized carbons (Fsp3) is 0.125. The van der Waals surface area contributed by atoms with Gasteiger partial charge in [0.2, 0.25) is 11.9 Å². The van der Waals surface area contributed by atoms with Crippen molar-refractivity contribution in [1.29, 1.82) is 10.5 Å². The average molecular weight is 348 g/mol. The first-order valence-corrected chi connectivity index (χ1v) is 7.55. The molecule has 0 amide bonds. The van der Waals surface area contributed by atoms with Crippen molar-refractivity contribution in [3.05, 3.63) is 49.1 Å². The summed E-state index contributed by atoms with van der Waals surface area (Å²) in [6.07, 6.45) is 10.1. The van der Waals surface area contributed by atoms with Crippen LogP contribution in [0.15, 0.2) is 59.0 Å². The molecule has 10 nitrogen and oxygen atoms in total. The predicted octanol–water partition coefficient (Wildman–Crippen LogP) is 0.854. The van der Waals surface area contributed by atoms with E-state index in [2.05, 4.69) is 41.2 Å². The summed E-state index contributed by atoms with van der Waals surface area (Å²) >= 11 is 0. The van der Waals surface area contributed by atoms with E-state index >= 15 is 0 Å². The molecule has 0 spiro atoms. The van der Waals surface area contributed by atoms with Crippen molar-refractivity contribution in [2.45, 2.75) is 0 Å². The van der Waals surface area contributed by atoms with E-state index in [4.69, 9.17) is 10.5 Å². The highest BCUT2D eigenvalue weighted by Gasteiger charge is 2.00. The monoisotopic (exact) mass is 348 g/mol. The quantitative estimate of drug-likeness (QED) is 0.204. The van der Waals surface area contributed by atoms with Crippen LogP contribution in [0, 0.1) is 22.9 Å². The highest BCUT2D eigenvalue weighted by molar-refractivity contribution is 5.95. The number of nitriles is 2. The smallest absolute Gasteiger partial charge is 0.209 e. The van der Waals surface area contributed by atoms with Crippen molar-refractivity contribution in [3.8, 4) is 12.4 Å². The van der Waals surface area contributed by atoms with Gasteiger partial charge in [0.1, 0.15) is 0 Å². The number of rotatable bonds is 5. The normalized spacial score (nSPS) is 11.0. The molecule has 0 atom stereocenters. The largest absolute Gasteiger partial charge is 0.324 e. The zero-order chi connectivity index (χ0) is 18.5. The minimum atomic E-state index is 0.283. The van der Waals surface area contributed by atoms with Crippen LogP contribution in [0.1, 0.15) is 0 Å². The Labute approximate surface area is 150 Å². The van der Waals surface area contributed by atoms with E-state index in [1.54, 1.807) is 49.1 Å². The van der Waals surface area contributed by atoms with Gasteiger partial charge in [-0.15, -0.1) is 0 Å². The number of nitrogens with one attached hydrogen (secondary N) is 4. The second-order valence-corrected chi connectivity index (χ2v) is 4.67. The number of aliphatic imine (C=N–C) groups is 2. The van der Waals surface area contributed by atoms with Crippen LogP contribution in [0.3, 0.4) is 0 Å². The van der Waals surface area contributed by atoms with Crippen molar-refractivity contribution in [2.75, 3.05) is 23.7 Å². The Morgan fingerprint density at radius 2 is 1.31 bits per heavy atom. The number of hydrogen-bond acceptors (Lipinski definition) is 6. The number of hydrogen-bond donors (Lipinski definition) is 4. The summed E-state index contributed by atoms with van der Waals surface area (Å²) in [6.45, 7) is 0.588. The van der Waals surface area contributed by atoms with Gasteiger partial charge in [0.15, 0.2) is 12.4 Å². The third-order valence-electron chi connectivity index (χ3n) is 2.84. The maximum atomic E-state index is 8.81. The van der Waals surface area contributed by atoms with Gasteiger partial charge in [0.25, 0.3) is 0 Å². The van der Waals surface area contributed by atoms with Crippen LogP contribution in [0.4, 0.5) is 11.4 Å². The second kappa shape index (κ2) is 10.6. The molecule has 10 heteroatoms. The van der Waals surface area contributed by atoms with Crippen LogP contribution in [-0.4, -0.2) is 35.0 Å². The zero-order valence-electron chi connectivity index (χ0n) is 13.7.